The number of hydrogen-bond acceptors (Lipinski definition) is 3. The molecular formula is C14H19F3N2O2. The number of nitrogens with two attached hydrogens (primary N) is 1. The van der Waals surface area contributed by atoms with Crippen LogP contribution in [0.15, 0.2) is 24.3 Å². The molecule has 21 heavy (non-hydrogen) atoms. The Labute approximate surface area is 121 Å². The lowest BCUT2D eigenvalue weighted by Gasteiger charge is -2.15. The van der Waals surface area contributed by atoms with Crippen LogP contribution in [0.5, 0.6) is 5.75 Å². The van der Waals surface area contributed by atoms with Crippen LogP contribution < -0.4 is 15.8 Å². The van der Waals surface area contributed by atoms with Gasteiger partial charge in [0.15, 0.2) is 0 Å². The Morgan fingerprint density at radius 3 is 2.33 bits per heavy atom. The summed E-state index contributed by atoms with van der Waals surface area (Å²) in [6.07, 6.45) is -4.19. The first kappa shape index (κ1) is 17.3. The van der Waals surface area contributed by atoms with Crippen molar-refractivity contribution in [2.75, 3.05) is 6.54 Å². The molecule has 0 fully saturated rings. The number of hydrogen-bond donors (Lipinski definition) is 2. The minimum atomic E-state index is -4.69. The minimum absolute atomic E-state index is 0.0452. The fourth-order valence-corrected chi connectivity index (χ4v) is 1.61. The van der Waals surface area contributed by atoms with Crippen LogP contribution in [0.3, 0.4) is 0 Å². The first-order chi connectivity index (χ1) is 9.69. The molecule has 0 unspecified atom stereocenters. The van der Waals surface area contributed by atoms with Gasteiger partial charge in [0.2, 0.25) is 5.91 Å². The van der Waals surface area contributed by atoms with Crippen molar-refractivity contribution in [3.63, 3.8) is 0 Å². The zero-order chi connectivity index (χ0) is 16.0. The van der Waals surface area contributed by atoms with E-state index in [9.17, 15) is 18.0 Å². The van der Waals surface area contributed by atoms with Gasteiger partial charge in [-0.05, 0) is 30.0 Å². The first-order valence-corrected chi connectivity index (χ1v) is 6.57. The van der Waals surface area contributed by atoms with E-state index in [1.807, 2.05) is 13.8 Å². The molecule has 0 spiro atoms. The molecule has 0 heterocycles. The largest absolute Gasteiger partial charge is 0.573 e. The maximum Gasteiger partial charge on any atom is 0.573 e. The fourth-order valence-electron chi connectivity index (χ4n) is 1.61. The SMILES string of the molecule is CC(C)[C@H](N)C(=O)NCCc1ccc(OC(F)(F)F)cc1. The molecule has 0 radical (unpaired) electrons. The molecule has 3 N–H and O–H groups in total. The number of benzene rings is 1. The normalized spacial score (nSPS) is 13.1. The first-order valence-electron chi connectivity index (χ1n) is 6.57. The van der Waals surface area contributed by atoms with Gasteiger partial charge in [-0.1, -0.05) is 26.0 Å². The summed E-state index contributed by atoms with van der Waals surface area (Å²) in [7, 11) is 0. The van der Waals surface area contributed by atoms with Gasteiger partial charge in [-0.2, -0.15) is 0 Å². The molecule has 1 atom stereocenters. The van der Waals surface area contributed by atoms with Crippen molar-refractivity contribution in [2.24, 2.45) is 11.7 Å². The molecule has 0 bridgehead atoms. The van der Waals surface area contributed by atoms with Crippen LogP contribution in [0.1, 0.15) is 19.4 Å². The number of nitrogens with one attached hydrogen (secondary N) is 1. The number of rotatable bonds is 6. The number of ether oxygens (including phenoxy) is 1. The molecule has 0 aliphatic rings. The van der Waals surface area contributed by atoms with Crippen LogP contribution in [0.2, 0.25) is 0 Å². The van der Waals surface area contributed by atoms with E-state index in [0.717, 1.165) is 5.56 Å². The number of alkyl halides is 3. The van der Waals surface area contributed by atoms with Crippen LogP contribution in [0.25, 0.3) is 0 Å². The van der Waals surface area contributed by atoms with E-state index < -0.39 is 12.4 Å². The van der Waals surface area contributed by atoms with Crippen LogP contribution in [0, 0.1) is 5.92 Å². The second kappa shape index (κ2) is 7.31. The predicted molar refractivity (Wildman–Crippen MR) is 72.7 cm³/mol. The zero-order valence-corrected chi connectivity index (χ0v) is 11.9. The van der Waals surface area contributed by atoms with E-state index in [1.54, 1.807) is 0 Å². The minimum Gasteiger partial charge on any atom is -0.406 e. The van der Waals surface area contributed by atoms with E-state index in [1.165, 1.54) is 24.3 Å². The predicted octanol–water partition coefficient (Wildman–Crippen LogP) is 2.23. The summed E-state index contributed by atoms with van der Waals surface area (Å²) in [6.45, 7) is 4.08. The highest BCUT2D eigenvalue weighted by molar-refractivity contribution is 5.81. The fraction of sp³-hybridized carbons (Fsp3) is 0.500. The van der Waals surface area contributed by atoms with Crippen molar-refractivity contribution in [2.45, 2.75) is 32.7 Å². The Kier molecular flexibility index (Phi) is 6.02. The van der Waals surface area contributed by atoms with E-state index in [-0.39, 0.29) is 17.6 Å². The summed E-state index contributed by atoms with van der Waals surface area (Å²) in [5.74, 6) is -0.456. The third-order valence-electron chi connectivity index (χ3n) is 2.89. The van der Waals surface area contributed by atoms with Crippen LogP contribution >= 0.6 is 0 Å². The van der Waals surface area contributed by atoms with Gasteiger partial charge in [-0.25, -0.2) is 0 Å². The summed E-state index contributed by atoms with van der Waals surface area (Å²) in [5.41, 5.74) is 6.48. The van der Waals surface area contributed by atoms with Crippen molar-refractivity contribution < 1.29 is 22.7 Å². The Bertz CT molecular complexity index is 458. The summed E-state index contributed by atoms with van der Waals surface area (Å²) >= 11 is 0. The van der Waals surface area contributed by atoms with E-state index >= 15 is 0 Å². The van der Waals surface area contributed by atoms with Crippen LogP contribution in [-0.2, 0) is 11.2 Å². The number of carbonyl (C=O) groups excluding carboxylic acids is 1. The Morgan fingerprint density at radius 1 is 1.29 bits per heavy atom. The molecule has 4 nitrogen and oxygen atoms in total. The molecular weight excluding hydrogens is 285 g/mol. The number of carbonyl (C=O) groups is 1. The van der Waals surface area contributed by atoms with Gasteiger partial charge in [0.05, 0.1) is 6.04 Å². The van der Waals surface area contributed by atoms with Crippen LogP contribution in [-0.4, -0.2) is 24.9 Å². The van der Waals surface area contributed by atoms with Crippen molar-refractivity contribution in [3.05, 3.63) is 29.8 Å². The van der Waals surface area contributed by atoms with Gasteiger partial charge < -0.3 is 15.8 Å². The van der Waals surface area contributed by atoms with Gasteiger partial charge in [0.25, 0.3) is 0 Å². The molecule has 1 aromatic rings. The second-order valence-corrected chi connectivity index (χ2v) is 5.00. The average Bonchev–Trinajstić information content (AvgIpc) is 2.38. The average molecular weight is 304 g/mol. The van der Waals surface area contributed by atoms with Crippen molar-refractivity contribution in [3.8, 4) is 5.75 Å². The van der Waals surface area contributed by atoms with E-state index in [4.69, 9.17) is 5.73 Å². The highest BCUT2D eigenvalue weighted by Crippen LogP contribution is 2.22. The van der Waals surface area contributed by atoms with Crippen molar-refractivity contribution in [1.82, 2.24) is 5.32 Å². The molecule has 1 rings (SSSR count). The number of halogens is 3. The van der Waals surface area contributed by atoms with Crippen LogP contribution in [0.4, 0.5) is 13.2 Å². The standard InChI is InChI=1S/C14H19F3N2O2/c1-9(2)12(18)13(20)19-8-7-10-3-5-11(6-4-10)21-14(15,16)17/h3-6,9,12H,7-8,18H2,1-2H3,(H,19,20)/t12-/m0/s1. The van der Waals surface area contributed by atoms with Gasteiger partial charge in [0, 0.05) is 6.54 Å². The monoisotopic (exact) mass is 304 g/mol. The molecule has 0 saturated carbocycles. The molecule has 0 saturated heterocycles. The van der Waals surface area contributed by atoms with Gasteiger partial charge in [0.1, 0.15) is 5.75 Å². The quantitative estimate of drug-likeness (QED) is 0.847. The third-order valence-corrected chi connectivity index (χ3v) is 2.89. The van der Waals surface area contributed by atoms with E-state index in [2.05, 4.69) is 10.1 Å². The van der Waals surface area contributed by atoms with Gasteiger partial charge in [-0.3, -0.25) is 4.79 Å². The lowest BCUT2D eigenvalue weighted by atomic mass is 10.0. The van der Waals surface area contributed by atoms with Crippen molar-refractivity contribution in [1.29, 1.82) is 0 Å². The third kappa shape index (κ3) is 6.48. The number of amides is 1. The molecule has 1 amide bonds. The topological polar surface area (TPSA) is 64.4 Å². The molecule has 0 aliphatic heterocycles. The maximum absolute atomic E-state index is 12.0. The van der Waals surface area contributed by atoms with Gasteiger partial charge >= 0.3 is 6.36 Å². The lowest BCUT2D eigenvalue weighted by molar-refractivity contribution is -0.274. The lowest BCUT2D eigenvalue weighted by Crippen LogP contribution is -2.44. The van der Waals surface area contributed by atoms with Crippen molar-refractivity contribution >= 4 is 5.91 Å². The molecule has 0 aromatic heterocycles. The summed E-state index contributed by atoms with van der Waals surface area (Å²) in [4.78, 5) is 11.6. The zero-order valence-electron chi connectivity index (χ0n) is 11.9. The smallest absolute Gasteiger partial charge is 0.406 e. The molecule has 0 aliphatic carbocycles. The van der Waals surface area contributed by atoms with E-state index in [0.29, 0.717) is 13.0 Å². The molecule has 118 valence electrons. The summed E-state index contributed by atoms with van der Waals surface area (Å²) < 4.78 is 39.7. The van der Waals surface area contributed by atoms with Gasteiger partial charge in [-0.15, -0.1) is 13.2 Å². The Hall–Kier alpha value is -1.76. The highest BCUT2D eigenvalue weighted by Gasteiger charge is 2.30. The molecule has 7 heteroatoms. The Morgan fingerprint density at radius 2 is 1.86 bits per heavy atom. The highest BCUT2D eigenvalue weighted by atomic mass is 19.4. The molecule has 1 aromatic carbocycles. The second-order valence-electron chi connectivity index (χ2n) is 5.00. The summed E-state index contributed by atoms with van der Waals surface area (Å²) in [5, 5.41) is 2.69. The summed E-state index contributed by atoms with van der Waals surface area (Å²) in [6, 6.07) is 4.97. The Balaban J connectivity index is 2.41. The maximum atomic E-state index is 12.0.